The molecule has 0 fully saturated rings. The summed E-state index contributed by atoms with van der Waals surface area (Å²) in [6, 6.07) is 60.1. The summed E-state index contributed by atoms with van der Waals surface area (Å²) in [5, 5.41) is 4.43. The monoisotopic (exact) mass is 732 g/mol. The van der Waals surface area contributed by atoms with Crippen LogP contribution in [0.4, 0.5) is 0 Å². The number of benzene rings is 8. The van der Waals surface area contributed by atoms with Crippen molar-refractivity contribution in [3.05, 3.63) is 192 Å². The molecule has 10 aromatic rings. The molecule has 0 atom stereocenters. The highest BCUT2D eigenvalue weighted by Gasteiger charge is 2.36. The summed E-state index contributed by atoms with van der Waals surface area (Å²) in [4.78, 5) is 23.2. The second-order valence-corrected chi connectivity index (χ2v) is 15.7. The zero-order valence-corrected chi connectivity index (χ0v) is 31.5. The molecule has 0 saturated heterocycles. The number of carbonyl (C=O) groups excluding carboxylic acids is 2. The Hall–Kier alpha value is -7.30. The number of fused-ring (bicyclic) bond motifs is 9. The van der Waals surface area contributed by atoms with Gasteiger partial charge in [-0.2, -0.15) is 0 Å². The Bertz CT molecular complexity index is 3070. The highest BCUT2D eigenvalue weighted by atomic mass is 16.1. The van der Waals surface area contributed by atoms with E-state index in [0.29, 0.717) is 11.1 Å². The molecule has 1 aliphatic carbocycles. The third kappa shape index (κ3) is 4.94. The van der Waals surface area contributed by atoms with E-state index in [-0.39, 0.29) is 5.41 Å². The van der Waals surface area contributed by atoms with Gasteiger partial charge in [0.25, 0.3) is 0 Å². The van der Waals surface area contributed by atoms with E-state index in [1.165, 1.54) is 44.5 Å². The van der Waals surface area contributed by atoms with Gasteiger partial charge in [0.15, 0.2) is 0 Å². The van der Waals surface area contributed by atoms with E-state index in [0.717, 1.165) is 67.6 Å². The van der Waals surface area contributed by atoms with Crippen LogP contribution in [0.1, 0.15) is 45.7 Å². The molecule has 0 unspecified atom stereocenters. The molecule has 0 spiro atoms. The average molecular weight is 733 g/mol. The van der Waals surface area contributed by atoms with Gasteiger partial charge in [-0.15, -0.1) is 0 Å². The van der Waals surface area contributed by atoms with E-state index in [1.807, 2.05) is 36.4 Å². The SMILES string of the molecule is CC1(C)c2cc(-c3ccc(-n4c5ccccc5c5cc(C=O)ccc54)cc3)ccc2-c2ccc(-c3ccc(-n4c5ccccc5c5cc(C=O)ccc54)cc3)cc21. The zero-order chi connectivity index (χ0) is 38.4. The first-order valence-electron chi connectivity index (χ1n) is 19.4. The third-order valence-corrected chi connectivity index (χ3v) is 12.3. The molecular weight excluding hydrogens is 697 g/mol. The molecule has 2 aromatic heterocycles. The molecule has 0 amide bonds. The average Bonchev–Trinajstić information content (AvgIpc) is 3.85. The lowest BCUT2D eigenvalue weighted by atomic mass is 9.81. The molecule has 0 saturated carbocycles. The highest BCUT2D eigenvalue weighted by Crippen LogP contribution is 2.51. The molecular formula is C53H36N2O2. The minimum Gasteiger partial charge on any atom is -0.309 e. The van der Waals surface area contributed by atoms with Crippen LogP contribution in [0, 0.1) is 0 Å². The Balaban J connectivity index is 0.913. The van der Waals surface area contributed by atoms with Crippen LogP contribution in [-0.2, 0) is 5.41 Å². The first kappa shape index (κ1) is 33.1. The highest BCUT2D eigenvalue weighted by molar-refractivity contribution is 6.11. The van der Waals surface area contributed by atoms with Gasteiger partial charge in [0.05, 0.1) is 22.1 Å². The van der Waals surface area contributed by atoms with Crippen molar-refractivity contribution in [2.24, 2.45) is 0 Å². The molecule has 8 aromatic carbocycles. The Labute approximate surface area is 329 Å². The lowest BCUT2D eigenvalue weighted by Crippen LogP contribution is -2.15. The number of rotatable bonds is 6. The van der Waals surface area contributed by atoms with Gasteiger partial charge in [-0.05, 0) is 129 Å². The second-order valence-electron chi connectivity index (χ2n) is 15.7. The normalized spacial score (nSPS) is 13.0. The van der Waals surface area contributed by atoms with Crippen LogP contribution in [0.2, 0.25) is 0 Å². The zero-order valence-electron chi connectivity index (χ0n) is 31.5. The minimum absolute atomic E-state index is 0.177. The lowest BCUT2D eigenvalue weighted by Gasteiger charge is -2.23. The van der Waals surface area contributed by atoms with Gasteiger partial charge in [-0.25, -0.2) is 0 Å². The summed E-state index contributed by atoms with van der Waals surface area (Å²) >= 11 is 0. The van der Waals surface area contributed by atoms with E-state index < -0.39 is 0 Å². The molecule has 0 bridgehead atoms. The Kier molecular flexibility index (Phi) is 7.17. The number of nitrogens with zero attached hydrogens (tertiary/aromatic N) is 2. The molecule has 0 aliphatic heterocycles. The maximum Gasteiger partial charge on any atom is 0.150 e. The second kappa shape index (κ2) is 12.4. The maximum atomic E-state index is 11.6. The van der Waals surface area contributed by atoms with E-state index >= 15 is 0 Å². The van der Waals surface area contributed by atoms with Crippen molar-refractivity contribution in [3.8, 4) is 44.8 Å². The van der Waals surface area contributed by atoms with Crippen molar-refractivity contribution in [1.82, 2.24) is 9.13 Å². The summed E-state index contributed by atoms with van der Waals surface area (Å²) in [6.45, 7) is 4.68. The van der Waals surface area contributed by atoms with E-state index in [1.54, 1.807) is 0 Å². The molecule has 4 nitrogen and oxygen atoms in total. The number of hydrogen-bond acceptors (Lipinski definition) is 2. The van der Waals surface area contributed by atoms with Gasteiger partial charge < -0.3 is 9.13 Å². The summed E-state index contributed by atoms with van der Waals surface area (Å²) in [7, 11) is 0. The van der Waals surface area contributed by atoms with Crippen molar-refractivity contribution in [1.29, 1.82) is 0 Å². The number of para-hydroxylation sites is 2. The molecule has 2 heterocycles. The summed E-state index contributed by atoms with van der Waals surface area (Å²) in [5.74, 6) is 0. The van der Waals surface area contributed by atoms with Crippen molar-refractivity contribution < 1.29 is 9.59 Å². The molecule has 4 heteroatoms. The summed E-state index contributed by atoms with van der Waals surface area (Å²) < 4.78 is 4.57. The predicted octanol–water partition coefficient (Wildman–Crippen LogP) is 13.1. The van der Waals surface area contributed by atoms with Gasteiger partial charge in [0.1, 0.15) is 12.6 Å². The Morgan fingerprint density at radius 2 is 0.772 bits per heavy atom. The fraction of sp³-hybridized carbons (Fsp3) is 0.0566. The largest absolute Gasteiger partial charge is 0.309 e. The van der Waals surface area contributed by atoms with Crippen LogP contribution in [-0.4, -0.2) is 21.7 Å². The number of hydrogen-bond donors (Lipinski definition) is 0. The van der Waals surface area contributed by atoms with Gasteiger partial charge in [0.2, 0.25) is 0 Å². The van der Waals surface area contributed by atoms with Gasteiger partial charge in [-0.3, -0.25) is 9.59 Å². The van der Waals surface area contributed by atoms with Crippen molar-refractivity contribution in [2.45, 2.75) is 19.3 Å². The molecule has 270 valence electrons. The molecule has 0 N–H and O–H groups in total. The van der Waals surface area contributed by atoms with Crippen LogP contribution in [0.25, 0.3) is 88.4 Å². The number of aldehydes is 2. The first-order chi connectivity index (χ1) is 27.9. The third-order valence-electron chi connectivity index (χ3n) is 12.3. The van der Waals surface area contributed by atoms with Crippen LogP contribution >= 0.6 is 0 Å². The fourth-order valence-corrected chi connectivity index (χ4v) is 9.39. The van der Waals surface area contributed by atoms with Crippen LogP contribution in [0.15, 0.2) is 170 Å². The van der Waals surface area contributed by atoms with Gasteiger partial charge in [0, 0.05) is 49.5 Å². The number of carbonyl (C=O) groups is 2. The van der Waals surface area contributed by atoms with E-state index in [9.17, 15) is 9.59 Å². The molecule has 11 rings (SSSR count). The van der Waals surface area contributed by atoms with Crippen molar-refractivity contribution >= 4 is 56.2 Å². The van der Waals surface area contributed by atoms with Crippen molar-refractivity contribution in [2.75, 3.05) is 0 Å². The fourth-order valence-electron chi connectivity index (χ4n) is 9.39. The van der Waals surface area contributed by atoms with Crippen LogP contribution < -0.4 is 0 Å². The van der Waals surface area contributed by atoms with Gasteiger partial charge in [-0.1, -0.05) is 98.8 Å². The standard InChI is InChI=1S/C53H36N2O2/c1-53(2)47-29-37(35-13-19-39(20-14-35)54-49-9-5-3-7-43(49)45-27-33(31-56)11-25-51(45)54)17-23-41(47)42-24-18-38(30-48(42)53)36-15-21-40(22-16-36)55-50-10-6-4-8-44(50)46-28-34(32-57)12-26-52(46)55/h3-32H,1-2H3. The first-order valence-corrected chi connectivity index (χ1v) is 19.4. The molecule has 57 heavy (non-hydrogen) atoms. The maximum absolute atomic E-state index is 11.6. The smallest absolute Gasteiger partial charge is 0.150 e. The lowest BCUT2D eigenvalue weighted by molar-refractivity contribution is 0.111. The summed E-state index contributed by atoms with van der Waals surface area (Å²) in [6.07, 6.45) is 1.83. The van der Waals surface area contributed by atoms with Crippen molar-refractivity contribution in [3.63, 3.8) is 0 Å². The topological polar surface area (TPSA) is 44.0 Å². The minimum atomic E-state index is -0.177. The van der Waals surface area contributed by atoms with E-state index in [2.05, 4.69) is 156 Å². The predicted molar refractivity (Wildman–Crippen MR) is 234 cm³/mol. The Morgan fingerprint density at radius 3 is 1.19 bits per heavy atom. The number of aromatic nitrogens is 2. The Morgan fingerprint density at radius 1 is 0.386 bits per heavy atom. The quantitative estimate of drug-likeness (QED) is 0.160. The van der Waals surface area contributed by atoms with E-state index in [4.69, 9.17) is 0 Å². The molecule has 0 radical (unpaired) electrons. The van der Waals surface area contributed by atoms with Gasteiger partial charge >= 0.3 is 0 Å². The van der Waals surface area contributed by atoms with Crippen LogP contribution in [0.5, 0.6) is 0 Å². The molecule has 1 aliphatic rings. The van der Waals surface area contributed by atoms with Crippen LogP contribution in [0.3, 0.4) is 0 Å². The summed E-state index contributed by atoms with van der Waals surface area (Å²) in [5.41, 5.74) is 17.8.